The van der Waals surface area contributed by atoms with Gasteiger partial charge in [0, 0.05) is 0 Å². The molecule has 1 aromatic carbocycles. The number of hydrogen-bond acceptors (Lipinski definition) is 3. The molecule has 0 unspecified atom stereocenters. The predicted molar refractivity (Wildman–Crippen MR) is 98.0 cm³/mol. The third-order valence-electron chi connectivity index (χ3n) is 4.35. The van der Waals surface area contributed by atoms with E-state index in [9.17, 15) is 0 Å². The lowest BCUT2D eigenvalue weighted by molar-refractivity contribution is -0.915. The Hall–Kier alpha value is -1.52. The number of nitrogens with one attached hydrogen (secondary N) is 1. The summed E-state index contributed by atoms with van der Waals surface area (Å²) in [6, 6.07) is 6.05. The van der Waals surface area contributed by atoms with Crippen LogP contribution in [0.5, 0.6) is 11.5 Å². The van der Waals surface area contributed by atoms with Crippen molar-refractivity contribution >= 4 is 6.08 Å². The van der Waals surface area contributed by atoms with Gasteiger partial charge in [-0.3, -0.25) is 0 Å². The molecule has 2 rings (SSSR count). The molecular formula is C20H32NO3+. The number of benzene rings is 1. The standard InChI is InChI=1S/C20H31NO3/c1-5-8-18-9-10-19(20(13-18)22-4)23-12-7-6-11-21-14-16(2)24-17(3)15-21/h5,8-10,13,16-17H,6-7,11-12,14-15H2,1-4H3/p+1/b8-5+/t16-,17-/m0/s1. The molecule has 1 aliphatic rings. The quantitative estimate of drug-likeness (QED) is 0.742. The van der Waals surface area contributed by atoms with E-state index in [0.717, 1.165) is 43.2 Å². The molecule has 1 N–H and O–H groups in total. The zero-order chi connectivity index (χ0) is 17.4. The van der Waals surface area contributed by atoms with E-state index >= 15 is 0 Å². The Morgan fingerprint density at radius 2 is 1.92 bits per heavy atom. The molecule has 1 aromatic rings. The van der Waals surface area contributed by atoms with Crippen molar-refractivity contribution in [1.82, 2.24) is 0 Å². The molecule has 4 heteroatoms. The largest absolute Gasteiger partial charge is 0.493 e. The fraction of sp³-hybridized carbons (Fsp3) is 0.600. The Bertz CT molecular complexity index is 520. The Morgan fingerprint density at radius 3 is 2.58 bits per heavy atom. The van der Waals surface area contributed by atoms with E-state index in [1.54, 1.807) is 12.0 Å². The second-order valence-corrected chi connectivity index (χ2v) is 6.63. The van der Waals surface area contributed by atoms with Gasteiger partial charge in [-0.05, 0) is 51.3 Å². The highest BCUT2D eigenvalue weighted by Gasteiger charge is 2.24. The van der Waals surface area contributed by atoms with Gasteiger partial charge in [0.05, 0.1) is 20.3 Å². The zero-order valence-electron chi connectivity index (χ0n) is 15.5. The van der Waals surface area contributed by atoms with Gasteiger partial charge in [-0.2, -0.15) is 0 Å². The minimum absolute atomic E-state index is 0.375. The molecule has 1 heterocycles. The second-order valence-electron chi connectivity index (χ2n) is 6.63. The molecule has 0 bridgehead atoms. The van der Waals surface area contributed by atoms with Crippen LogP contribution in [0.4, 0.5) is 0 Å². The molecular weight excluding hydrogens is 302 g/mol. The highest BCUT2D eigenvalue weighted by atomic mass is 16.5. The third kappa shape index (κ3) is 5.84. The van der Waals surface area contributed by atoms with Crippen LogP contribution in [0.1, 0.15) is 39.2 Å². The van der Waals surface area contributed by atoms with Crippen LogP contribution in [-0.2, 0) is 4.74 Å². The molecule has 134 valence electrons. The zero-order valence-corrected chi connectivity index (χ0v) is 15.5. The number of hydrogen-bond donors (Lipinski definition) is 1. The summed E-state index contributed by atoms with van der Waals surface area (Å²) >= 11 is 0. The number of ether oxygens (including phenoxy) is 3. The Morgan fingerprint density at radius 1 is 1.17 bits per heavy atom. The molecule has 2 atom stereocenters. The monoisotopic (exact) mass is 334 g/mol. The van der Waals surface area contributed by atoms with Crippen molar-refractivity contribution in [2.24, 2.45) is 0 Å². The molecule has 1 aliphatic heterocycles. The fourth-order valence-corrected chi connectivity index (χ4v) is 3.35. The van der Waals surface area contributed by atoms with Crippen LogP contribution in [0.15, 0.2) is 24.3 Å². The molecule has 0 aromatic heterocycles. The van der Waals surface area contributed by atoms with E-state index in [0.29, 0.717) is 12.2 Å². The average molecular weight is 334 g/mol. The maximum absolute atomic E-state index is 5.91. The molecule has 0 amide bonds. The molecule has 0 radical (unpaired) electrons. The molecule has 24 heavy (non-hydrogen) atoms. The van der Waals surface area contributed by atoms with Gasteiger partial charge in [-0.1, -0.05) is 18.2 Å². The van der Waals surface area contributed by atoms with Crippen LogP contribution in [-0.4, -0.2) is 45.6 Å². The van der Waals surface area contributed by atoms with Gasteiger partial charge in [-0.15, -0.1) is 0 Å². The normalized spacial score (nSPS) is 24.2. The van der Waals surface area contributed by atoms with E-state index in [1.807, 2.05) is 25.1 Å². The molecule has 0 aliphatic carbocycles. The Balaban J connectivity index is 1.72. The summed E-state index contributed by atoms with van der Waals surface area (Å²) in [7, 11) is 1.69. The van der Waals surface area contributed by atoms with Crippen molar-refractivity contribution < 1.29 is 19.1 Å². The lowest BCUT2D eigenvalue weighted by Crippen LogP contribution is -3.15. The first kappa shape index (κ1) is 18.8. The Kier molecular flexibility index (Phi) is 7.60. The lowest BCUT2D eigenvalue weighted by atomic mass is 10.2. The van der Waals surface area contributed by atoms with Crippen molar-refractivity contribution in [2.45, 2.75) is 45.8 Å². The number of morpholine rings is 1. The lowest BCUT2D eigenvalue weighted by Gasteiger charge is -2.32. The molecule has 0 spiro atoms. The molecule has 0 saturated carbocycles. The minimum atomic E-state index is 0.375. The topological polar surface area (TPSA) is 32.1 Å². The maximum atomic E-state index is 5.91. The fourth-order valence-electron chi connectivity index (χ4n) is 3.35. The summed E-state index contributed by atoms with van der Waals surface area (Å²) in [5.74, 6) is 1.62. The first-order chi connectivity index (χ1) is 11.6. The van der Waals surface area contributed by atoms with E-state index in [1.165, 1.54) is 13.0 Å². The highest BCUT2D eigenvalue weighted by molar-refractivity contribution is 5.55. The van der Waals surface area contributed by atoms with Crippen LogP contribution in [0.25, 0.3) is 6.08 Å². The summed E-state index contributed by atoms with van der Waals surface area (Å²) in [4.78, 5) is 1.65. The number of methoxy groups -OCH3 is 1. The third-order valence-corrected chi connectivity index (χ3v) is 4.35. The second kappa shape index (κ2) is 9.70. The van der Waals surface area contributed by atoms with Gasteiger partial charge < -0.3 is 19.1 Å². The van der Waals surface area contributed by atoms with Crippen molar-refractivity contribution in [2.75, 3.05) is 33.4 Å². The smallest absolute Gasteiger partial charge is 0.161 e. The van der Waals surface area contributed by atoms with Crippen LogP contribution in [0.2, 0.25) is 0 Å². The number of quaternary nitrogens is 1. The summed E-state index contributed by atoms with van der Waals surface area (Å²) in [6.45, 7) is 10.5. The van der Waals surface area contributed by atoms with Gasteiger partial charge in [0.15, 0.2) is 11.5 Å². The van der Waals surface area contributed by atoms with Gasteiger partial charge >= 0.3 is 0 Å². The first-order valence-corrected chi connectivity index (χ1v) is 9.05. The van der Waals surface area contributed by atoms with Crippen molar-refractivity contribution in [3.8, 4) is 11.5 Å². The van der Waals surface area contributed by atoms with Crippen LogP contribution in [0, 0.1) is 0 Å². The van der Waals surface area contributed by atoms with E-state index < -0.39 is 0 Å². The van der Waals surface area contributed by atoms with Crippen molar-refractivity contribution in [3.63, 3.8) is 0 Å². The summed E-state index contributed by atoms with van der Waals surface area (Å²) in [6.07, 6.45) is 7.06. The van der Waals surface area contributed by atoms with E-state index in [2.05, 4.69) is 26.0 Å². The molecule has 1 fully saturated rings. The van der Waals surface area contributed by atoms with Crippen molar-refractivity contribution in [1.29, 1.82) is 0 Å². The van der Waals surface area contributed by atoms with Crippen LogP contribution in [0.3, 0.4) is 0 Å². The van der Waals surface area contributed by atoms with Gasteiger partial charge in [0.1, 0.15) is 25.3 Å². The van der Waals surface area contributed by atoms with Gasteiger partial charge in [0.25, 0.3) is 0 Å². The highest BCUT2D eigenvalue weighted by Crippen LogP contribution is 2.28. The number of unbranched alkanes of at least 4 members (excludes halogenated alkanes) is 1. The maximum Gasteiger partial charge on any atom is 0.161 e. The average Bonchev–Trinajstić information content (AvgIpc) is 2.55. The Labute approximate surface area is 146 Å². The molecule has 4 nitrogen and oxygen atoms in total. The first-order valence-electron chi connectivity index (χ1n) is 9.05. The molecule has 1 saturated heterocycles. The van der Waals surface area contributed by atoms with Crippen LogP contribution < -0.4 is 14.4 Å². The van der Waals surface area contributed by atoms with E-state index in [4.69, 9.17) is 14.2 Å². The number of allylic oxidation sites excluding steroid dienone is 1. The predicted octanol–water partition coefficient (Wildman–Crippen LogP) is 2.58. The SMILES string of the molecule is C/C=C/c1ccc(OCCCC[NH+]2C[C@H](C)O[C@@H](C)C2)c(OC)c1. The summed E-state index contributed by atoms with van der Waals surface area (Å²) in [5, 5.41) is 0. The van der Waals surface area contributed by atoms with Gasteiger partial charge in [0.2, 0.25) is 0 Å². The van der Waals surface area contributed by atoms with Gasteiger partial charge in [-0.25, -0.2) is 0 Å². The summed E-state index contributed by atoms with van der Waals surface area (Å²) in [5.41, 5.74) is 1.13. The minimum Gasteiger partial charge on any atom is -0.493 e. The van der Waals surface area contributed by atoms with Crippen LogP contribution >= 0.6 is 0 Å². The van der Waals surface area contributed by atoms with Crippen molar-refractivity contribution in [3.05, 3.63) is 29.8 Å². The number of rotatable bonds is 8. The van der Waals surface area contributed by atoms with E-state index in [-0.39, 0.29) is 0 Å². The summed E-state index contributed by atoms with van der Waals surface area (Å²) < 4.78 is 17.1.